The molecule has 1 N–H and O–H groups in total. The van der Waals surface area contributed by atoms with Crippen LogP contribution in [0.3, 0.4) is 0 Å². The van der Waals surface area contributed by atoms with E-state index in [-0.39, 0.29) is 6.61 Å². The van der Waals surface area contributed by atoms with E-state index in [1.165, 1.54) is 11.3 Å². The number of carbonyl (C=O) groups is 1. The molecular weight excluding hydrogens is 461 g/mol. The molecule has 0 fully saturated rings. The molecule has 0 amide bonds. The quantitative estimate of drug-likeness (QED) is 0.179. The molecule has 0 aliphatic heterocycles. The summed E-state index contributed by atoms with van der Waals surface area (Å²) in [6, 6.07) is 31.5. The van der Waals surface area contributed by atoms with Gasteiger partial charge in [0.25, 0.3) is 0 Å². The van der Waals surface area contributed by atoms with Gasteiger partial charge in [-0.15, -0.1) is 11.3 Å². The zero-order valence-electron chi connectivity index (χ0n) is 18.8. The molecule has 0 saturated heterocycles. The molecule has 0 radical (unpaired) electrons. The predicted molar refractivity (Wildman–Crippen MR) is 140 cm³/mol. The smallest absolute Gasteiger partial charge is 0.336 e. The van der Waals surface area contributed by atoms with Crippen molar-refractivity contribution in [2.45, 2.75) is 19.6 Å². The second-order valence-corrected chi connectivity index (χ2v) is 11.2. The van der Waals surface area contributed by atoms with E-state index in [2.05, 4.69) is 5.09 Å². The molecule has 1 atom stereocenters. The van der Waals surface area contributed by atoms with Crippen LogP contribution in [-0.2, 0) is 20.7 Å². The minimum absolute atomic E-state index is 0.170. The Bertz CT molecular complexity index is 1230. The van der Waals surface area contributed by atoms with Crippen molar-refractivity contribution in [3.63, 3.8) is 0 Å². The summed E-state index contributed by atoms with van der Waals surface area (Å²) in [4.78, 5) is 14.1. The molecule has 0 unspecified atom stereocenters. The van der Waals surface area contributed by atoms with Crippen LogP contribution in [0.2, 0.25) is 0 Å². The maximum atomic E-state index is 14.7. The van der Waals surface area contributed by atoms with E-state index in [1.54, 1.807) is 13.0 Å². The second kappa shape index (κ2) is 11.3. The summed E-state index contributed by atoms with van der Waals surface area (Å²) in [6.07, 6.45) is 1.74. The molecular formula is C28H26NO3PS. The van der Waals surface area contributed by atoms with Gasteiger partial charge >= 0.3 is 5.97 Å². The van der Waals surface area contributed by atoms with Gasteiger partial charge in [0.2, 0.25) is 7.29 Å². The van der Waals surface area contributed by atoms with E-state index in [1.807, 2.05) is 109 Å². The van der Waals surface area contributed by atoms with E-state index in [4.69, 9.17) is 4.74 Å². The maximum absolute atomic E-state index is 14.7. The summed E-state index contributed by atoms with van der Waals surface area (Å²) in [6.45, 7) is 1.97. The van der Waals surface area contributed by atoms with E-state index in [9.17, 15) is 9.36 Å². The van der Waals surface area contributed by atoms with Gasteiger partial charge < -0.3 is 4.74 Å². The molecule has 4 nitrogen and oxygen atoms in total. The molecule has 0 bridgehead atoms. The summed E-state index contributed by atoms with van der Waals surface area (Å²) in [5.74, 6) is -0.440. The first-order valence-corrected chi connectivity index (χ1v) is 13.6. The van der Waals surface area contributed by atoms with Crippen LogP contribution >= 0.6 is 18.6 Å². The number of hydrogen-bond acceptors (Lipinski definition) is 4. The summed E-state index contributed by atoms with van der Waals surface area (Å²) in [5.41, 5.74) is 1.33. The van der Waals surface area contributed by atoms with Gasteiger partial charge in [-0.3, -0.25) is 4.57 Å². The summed E-state index contributed by atoms with van der Waals surface area (Å²) in [5, 5.41) is 6.69. The van der Waals surface area contributed by atoms with Crippen LogP contribution < -0.4 is 15.7 Å². The standard InChI is InChI=1S/C28H26NO3PS/c1-2-25(28(30)32-21-22-13-6-3-7-14-22)27(26-19-12-20-34-26)29-33(31,23-15-8-4-9-16-23)24-17-10-5-11-18-24/h2-20,27H,21H2,1H3,(H,29,31)/b25-2-/t27-/m1/s1. The predicted octanol–water partition coefficient (Wildman–Crippen LogP) is 6.00. The zero-order valence-corrected chi connectivity index (χ0v) is 20.5. The van der Waals surface area contributed by atoms with Crippen molar-refractivity contribution in [1.82, 2.24) is 5.09 Å². The molecule has 1 heterocycles. The molecule has 0 spiro atoms. The zero-order chi connectivity index (χ0) is 23.8. The monoisotopic (exact) mass is 487 g/mol. The Balaban J connectivity index is 1.70. The normalized spacial score (nSPS) is 12.8. The van der Waals surface area contributed by atoms with Crippen LogP contribution in [0, 0.1) is 0 Å². The highest BCUT2D eigenvalue weighted by atomic mass is 32.1. The Morgan fingerprint density at radius 2 is 1.44 bits per heavy atom. The highest BCUT2D eigenvalue weighted by Gasteiger charge is 2.34. The number of benzene rings is 3. The minimum Gasteiger partial charge on any atom is -0.457 e. The van der Waals surface area contributed by atoms with E-state index < -0.39 is 19.3 Å². The Hall–Kier alpha value is -3.24. The summed E-state index contributed by atoms with van der Waals surface area (Å²) in [7, 11) is -3.30. The summed E-state index contributed by atoms with van der Waals surface area (Å²) < 4.78 is 20.3. The fourth-order valence-electron chi connectivity index (χ4n) is 3.71. The number of thiophene rings is 1. The van der Waals surface area contributed by atoms with Crippen molar-refractivity contribution in [2.24, 2.45) is 0 Å². The number of carbonyl (C=O) groups excluding carboxylic acids is 1. The average molecular weight is 488 g/mol. The van der Waals surface area contributed by atoms with Gasteiger partial charge in [-0.05, 0) is 48.2 Å². The number of allylic oxidation sites excluding steroid dienone is 1. The molecule has 0 aliphatic carbocycles. The van der Waals surface area contributed by atoms with Crippen molar-refractivity contribution in [1.29, 1.82) is 0 Å². The van der Waals surface area contributed by atoms with E-state index in [0.29, 0.717) is 16.2 Å². The van der Waals surface area contributed by atoms with Crippen molar-refractivity contribution in [3.8, 4) is 0 Å². The molecule has 172 valence electrons. The molecule has 34 heavy (non-hydrogen) atoms. The lowest BCUT2D eigenvalue weighted by molar-refractivity contribution is -0.140. The van der Waals surface area contributed by atoms with E-state index in [0.717, 1.165) is 10.4 Å². The molecule has 1 aromatic heterocycles. The van der Waals surface area contributed by atoms with Crippen molar-refractivity contribution in [3.05, 3.63) is 131 Å². The second-order valence-electron chi connectivity index (χ2n) is 7.66. The third-order valence-electron chi connectivity index (χ3n) is 5.45. The molecule has 4 aromatic rings. The Labute approximate surface area is 204 Å². The minimum atomic E-state index is -3.30. The highest BCUT2D eigenvalue weighted by Crippen LogP contribution is 2.44. The van der Waals surface area contributed by atoms with Gasteiger partial charge in [0.15, 0.2) is 0 Å². The first-order chi connectivity index (χ1) is 16.6. The van der Waals surface area contributed by atoms with Crippen LogP contribution in [0.5, 0.6) is 0 Å². The van der Waals surface area contributed by atoms with Gasteiger partial charge in [-0.2, -0.15) is 0 Å². The lowest BCUT2D eigenvalue weighted by atomic mass is 10.1. The Morgan fingerprint density at radius 1 is 0.882 bits per heavy atom. The molecule has 4 rings (SSSR count). The van der Waals surface area contributed by atoms with Crippen LogP contribution in [0.1, 0.15) is 23.4 Å². The van der Waals surface area contributed by atoms with Gasteiger partial charge in [0, 0.05) is 15.5 Å². The van der Waals surface area contributed by atoms with Crippen molar-refractivity contribution >= 4 is 35.2 Å². The molecule has 0 aliphatic rings. The molecule has 0 saturated carbocycles. The van der Waals surface area contributed by atoms with Crippen molar-refractivity contribution in [2.75, 3.05) is 0 Å². The molecule has 6 heteroatoms. The van der Waals surface area contributed by atoms with Gasteiger partial charge in [0.1, 0.15) is 6.61 Å². The fourth-order valence-corrected chi connectivity index (χ4v) is 7.01. The van der Waals surface area contributed by atoms with Crippen molar-refractivity contribution < 1.29 is 14.1 Å². The fraction of sp³-hybridized carbons (Fsp3) is 0.107. The lowest BCUT2D eigenvalue weighted by Gasteiger charge is -2.27. The number of ether oxygens (including phenoxy) is 1. The highest BCUT2D eigenvalue weighted by molar-refractivity contribution is 7.77. The lowest BCUT2D eigenvalue weighted by Crippen LogP contribution is -2.33. The average Bonchev–Trinajstić information content (AvgIpc) is 3.44. The number of esters is 1. The number of hydrogen-bond donors (Lipinski definition) is 1. The number of nitrogens with one attached hydrogen (secondary N) is 1. The first-order valence-electron chi connectivity index (χ1n) is 11.0. The van der Waals surface area contributed by atoms with Crippen LogP contribution in [0.25, 0.3) is 0 Å². The molecule has 3 aromatic carbocycles. The summed E-state index contributed by atoms with van der Waals surface area (Å²) >= 11 is 1.51. The van der Waals surface area contributed by atoms with Crippen LogP contribution in [0.4, 0.5) is 0 Å². The topological polar surface area (TPSA) is 55.4 Å². The van der Waals surface area contributed by atoms with Gasteiger partial charge in [0.05, 0.1) is 11.6 Å². The van der Waals surface area contributed by atoms with E-state index >= 15 is 0 Å². The third-order valence-corrected chi connectivity index (χ3v) is 9.06. The van der Waals surface area contributed by atoms with Gasteiger partial charge in [-0.25, -0.2) is 9.88 Å². The Morgan fingerprint density at radius 3 is 1.94 bits per heavy atom. The maximum Gasteiger partial charge on any atom is 0.336 e. The number of rotatable bonds is 9. The largest absolute Gasteiger partial charge is 0.457 e. The first kappa shape index (κ1) is 23.9. The SMILES string of the molecule is C/C=C(\C(=O)OCc1ccccc1)[C@@H](NP(=O)(c1ccccc1)c1ccccc1)c1cccs1. The third kappa shape index (κ3) is 5.45. The Kier molecular flexibility index (Phi) is 7.91. The van der Waals surface area contributed by atoms with Gasteiger partial charge in [-0.1, -0.05) is 78.9 Å². The van der Waals surface area contributed by atoms with Crippen LogP contribution in [-0.4, -0.2) is 5.97 Å². The van der Waals surface area contributed by atoms with Crippen LogP contribution in [0.15, 0.2) is 120 Å².